The second-order valence-corrected chi connectivity index (χ2v) is 9.62. The van der Waals surface area contributed by atoms with Crippen LogP contribution in [0.1, 0.15) is 32.3 Å². The van der Waals surface area contributed by atoms with E-state index in [0.29, 0.717) is 44.0 Å². The number of hydrogen-bond acceptors (Lipinski definition) is 5. The Morgan fingerprint density at radius 3 is 2.42 bits per heavy atom. The van der Waals surface area contributed by atoms with Gasteiger partial charge in [0.1, 0.15) is 11.5 Å². The molecule has 5 aromatic rings. The molecular weight excluding hydrogens is 509 g/mol. The van der Waals surface area contributed by atoms with Crippen molar-refractivity contribution in [2.75, 3.05) is 6.54 Å². The lowest BCUT2D eigenvalue weighted by Crippen LogP contribution is -2.36. The molecule has 0 saturated carbocycles. The molecule has 0 saturated heterocycles. The first-order valence-electron chi connectivity index (χ1n) is 11.9. The summed E-state index contributed by atoms with van der Waals surface area (Å²) in [7, 11) is 1.76. The van der Waals surface area contributed by atoms with E-state index in [1.807, 2.05) is 0 Å². The first-order chi connectivity index (χ1) is 18.3. The van der Waals surface area contributed by atoms with Crippen molar-refractivity contribution in [2.24, 2.45) is 7.05 Å². The van der Waals surface area contributed by atoms with Crippen LogP contribution in [0.4, 0.5) is 4.39 Å². The zero-order valence-electron chi connectivity index (χ0n) is 20.2. The van der Waals surface area contributed by atoms with Crippen LogP contribution in [0, 0.1) is 5.82 Å². The Kier molecular flexibility index (Phi) is 5.72. The maximum absolute atomic E-state index is 14.0. The van der Waals surface area contributed by atoms with Gasteiger partial charge in [-0.2, -0.15) is 5.10 Å². The molecule has 0 fully saturated rings. The van der Waals surface area contributed by atoms with E-state index in [9.17, 15) is 19.1 Å². The molecule has 2 aromatic carbocycles. The highest BCUT2D eigenvalue weighted by atomic mass is 35.5. The fraction of sp³-hybridized carbons (Fsp3) is 0.143. The third-order valence-electron chi connectivity index (χ3n) is 6.83. The number of carbonyl (C=O) groups is 2. The fourth-order valence-electron chi connectivity index (χ4n) is 5.01. The molecule has 0 radical (unpaired) electrons. The van der Waals surface area contributed by atoms with Crippen molar-refractivity contribution in [1.82, 2.24) is 24.2 Å². The third-order valence-corrected chi connectivity index (χ3v) is 7.11. The lowest BCUT2D eigenvalue weighted by atomic mass is 10.0. The Labute approximate surface area is 221 Å². The van der Waals surface area contributed by atoms with Gasteiger partial charge in [0.15, 0.2) is 0 Å². The van der Waals surface area contributed by atoms with Gasteiger partial charge in [0.25, 0.3) is 11.8 Å². The predicted molar refractivity (Wildman–Crippen MR) is 140 cm³/mol. The summed E-state index contributed by atoms with van der Waals surface area (Å²) < 4.78 is 17.2. The average Bonchev–Trinajstić information content (AvgIpc) is 3.50. The number of pyridine rings is 1. The number of fused-ring (bicyclic) bond motifs is 2. The Balaban J connectivity index is 1.42. The van der Waals surface area contributed by atoms with Crippen LogP contribution in [-0.4, -0.2) is 47.7 Å². The molecule has 1 N–H and O–H groups in total. The standard InChI is InChI=1S/C28H21ClFN5O3/c1-33-25(22(29)13-31-33)23-10-9-21-24(32-23)15-34(28(21)38)18(12-16-5-4-6-17(30)11-16)14-35-26(36)19-7-2-3-8-20(19)27(35)37/h2-11,13,15,18,38H,12,14H2,1H3. The van der Waals surface area contributed by atoms with Gasteiger partial charge >= 0.3 is 0 Å². The SMILES string of the molecule is Cn1ncc(Cl)c1-c1ccc2c(O)n(C(Cc3cccc(F)c3)CN3C(=O)c4ccccc4C3=O)cc2n1. The topological polar surface area (TPSA) is 93.2 Å². The van der Waals surface area contributed by atoms with Gasteiger partial charge in [0.05, 0.1) is 51.5 Å². The van der Waals surface area contributed by atoms with Crippen molar-refractivity contribution in [3.8, 4) is 17.3 Å². The highest BCUT2D eigenvalue weighted by Crippen LogP contribution is 2.35. The minimum absolute atomic E-state index is 0.0299. The van der Waals surface area contributed by atoms with Crippen molar-refractivity contribution in [3.63, 3.8) is 0 Å². The van der Waals surface area contributed by atoms with E-state index in [2.05, 4.69) is 10.1 Å². The van der Waals surface area contributed by atoms with E-state index in [0.717, 1.165) is 0 Å². The largest absolute Gasteiger partial charge is 0.494 e. The molecule has 0 spiro atoms. The molecule has 3 aromatic heterocycles. The normalized spacial score (nSPS) is 13.9. The van der Waals surface area contributed by atoms with Crippen LogP contribution in [0.25, 0.3) is 22.3 Å². The number of benzene rings is 2. The van der Waals surface area contributed by atoms with E-state index in [1.54, 1.807) is 71.0 Å². The summed E-state index contributed by atoms with van der Waals surface area (Å²) in [4.78, 5) is 32.1. The number of aromatic nitrogens is 4. The van der Waals surface area contributed by atoms with E-state index in [1.165, 1.54) is 23.2 Å². The highest BCUT2D eigenvalue weighted by molar-refractivity contribution is 6.33. The Hall–Kier alpha value is -4.50. The number of amides is 2. The molecule has 0 aliphatic carbocycles. The van der Waals surface area contributed by atoms with E-state index < -0.39 is 23.7 Å². The molecule has 10 heteroatoms. The van der Waals surface area contributed by atoms with E-state index in [4.69, 9.17) is 11.6 Å². The molecule has 1 unspecified atom stereocenters. The molecular formula is C28H21ClFN5O3. The maximum atomic E-state index is 14.0. The molecule has 38 heavy (non-hydrogen) atoms. The number of nitrogens with zero attached hydrogens (tertiary/aromatic N) is 5. The van der Waals surface area contributed by atoms with Crippen LogP contribution in [0.15, 0.2) is 73.1 Å². The number of imide groups is 1. The molecule has 8 nitrogen and oxygen atoms in total. The predicted octanol–water partition coefficient (Wildman–Crippen LogP) is 5.01. The quantitative estimate of drug-likeness (QED) is 0.312. The lowest BCUT2D eigenvalue weighted by molar-refractivity contribution is 0.0629. The highest BCUT2D eigenvalue weighted by Gasteiger charge is 2.37. The lowest BCUT2D eigenvalue weighted by Gasteiger charge is -2.25. The van der Waals surface area contributed by atoms with Gasteiger partial charge in [-0.15, -0.1) is 0 Å². The third kappa shape index (κ3) is 3.92. The minimum atomic E-state index is -0.600. The van der Waals surface area contributed by atoms with Crippen molar-refractivity contribution >= 4 is 34.3 Å². The zero-order chi connectivity index (χ0) is 26.6. The van der Waals surface area contributed by atoms with Crippen LogP contribution < -0.4 is 0 Å². The molecule has 6 rings (SSSR count). The van der Waals surface area contributed by atoms with Gasteiger partial charge in [0.2, 0.25) is 5.88 Å². The maximum Gasteiger partial charge on any atom is 0.261 e. The first kappa shape index (κ1) is 23.9. The van der Waals surface area contributed by atoms with Crippen molar-refractivity contribution in [3.05, 3.63) is 101 Å². The summed E-state index contributed by atoms with van der Waals surface area (Å²) in [5.41, 5.74) is 3.01. The number of aromatic hydroxyl groups is 1. The van der Waals surface area contributed by atoms with Crippen molar-refractivity contribution in [1.29, 1.82) is 0 Å². The summed E-state index contributed by atoms with van der Waals surface area (Å²) in [5, 5.41) is 16.3. The second-order valence-electron chi connectivity index (χ2n) is 9.21. The summed E-state index contributed by atoms with van der Waals surface area (Å²) in [5.74, 6) is -1.29. The Bertz CT molecular complexity index is 1690. The van der Waals surface area contributed by atoms with Crippen LogP contribution in [-0.2, 0) is 13.5 Å². The smallest absolute Gasteiger partial charge is 0.261 e. The van der Waals surface area contributed by atoms with Gasteiger partial charge in [0, 0.05) is 13.2 Å². The van der Waals surface area contributed by atoms with Crippen molar-refractivity contribution < 1.29 is 19.1 Å². The Morgan fingerprint density at radius 2 is 1.76 bits per heavy atom. The molecule has 1 aliphatic rings. The van der Waals surface area contributed by atoms with Crippen LogP contribution >= 0.6 is 11.6 Å². The average molecular weight is 530 g/mol. The molecule has 0 bridgehead atoms. The summed E-state index contributed by atoms with van der Waals surface area (Å²) in [6, 6.07) is 15.6. The van der Waals surface area contributed by atoms with Crippen LogP contribution in [0.2, 0.25) is 5.02 Å². The molecule has 1 aliphatic heterocycles. The Morgan fingerprint density at radius 1 is 1.03 bits per heavy atom. The fourth-order valence-corrected chi connectivity index (χ4v) is 5.27. The second kappa shape index (κ2) is 9.11. The van der Waals surface area contributed by atoms with Gasteiger partial charge in [-0.1, -0.05) is 35.9 Å². The first-order valence-corrected chi connectivity index (χ1v) is 12.3. The number of carbonyl (C=O) groups excluding carboxylic acids is 2. The van der Waals surface area contributed by atoms with Gasteiger partial charge in [-0.25, -0.2) is 9.37 Å². The molecule has 190 valence electrons. The van der Waals surface area contributed by atoms with Gasteiger partial charge in [-0.3, -0.25) is 19.2 Å². The zero-order valence-corrected chi connectivity index (χ0v) is 20.9. The molecule has 4 heterocycles. The van der Waals surface area contributed by atoms with Gasteiger partial charge < -0.3 is 9.67 Å². The van der Waals surface area contributed by atoms with Crippen LogP contribution in [0.5, 0.6) is 5.88 Å². The van der Waals surface area contributed by atoms with Crippen LogP contribution in [0.3, 0.4) is 0 Å². The van der Waals surface area contributed by atoms with Gasteiger partial charge in [-0.05, 0) is 48.4 Å². The number of rotatable bonds is 6. The monoisotopic (exact) mass is 529 g/mol. The minimum Gasteiger partial charge on any atom is -0.494 e. The molecule has 2 amide bonds. The number of hydrogen-bond donors (Lipinski definition) is 1. The van der Waals surface area contributed by atoms with E-state index >= 15 is 0 Å². The number of halogens is 2. The van der Waals surface area contributed by atoms with E-state index in [-0.39, 0.29) is 18.8 Å². The number of aryl methyl sites for hydroxylation is 1. The van der Waals surface area contributed by atoms with Crippen molar-refractivity contribution in [2.45, 2.75) is 12.5 Å². The summed E-state index contributed by atoms with van der Waals surface area (Å²) in [6.07, 6.45) is 3.45. The summed E-state index contributed by atoms with van der Waals surface area (Å²) in [6.45, 7) is -0.0299. The summed E-state index contributed by atoms with van der Waals surface area (Å²) >= 11 is 6.30. The molecule has 1 atom stereocenters.